The highest BCUT2D eigenvalue weighted by molar-refractivity contribution is 7.89. The predicted molar refractivity (Wildman–Crippen MR) is 78.4 cm³/mol. The second kappa shape index (κ2) is 7.15. The van der Waals surface area contributed by atoms with Gasteiger partial charge in [0.25, 0.3) is 0 Å². The van der Waals surface area contributed by atoms with Crippen molar-refractivity contribution in [2.75, 3.05) is 6.54 Å². The molecule has 0 aliphatic heterocycles. The van der Waals surface area contributed by atoms with Gasteiger partial charge < -0.3 is 5.32 Å². The summed E-state index contributed by atoms with van der Waals surface area (Å²) in [6, 6.07) is 4.07. The molecule has 0 fully saturated rings. The largest absolute Gasteiger partial charge is 0.310 e. The van der Waals surface area contributed by atoms with Crippen molar-refractivity contribution >= 4 is 10.0 Å². The van der Waals surface area contributed by atoms with Crippen LogP contribution in [0, 0.1) is 11.7 Å². The quantitative estimate of drug-likeness (QED) is 0.812. The van der Waals surface area contributed by atoms with E-state index in [2.05, 4.69) is 10.0 Å². The average Bonchev–Trinajstić information content (AvgIpc) is 2.35. The van der Waals surface area contributed by atoms with E-state index in [1.807, 2.05) is 27.7 Å². The van der Waals surface area contributed by atoms with Gasteiger partial charge in [0.2, 0.25) is 10.0 Å². The van der Waals surface area contributed by atoms with Crippen LogP contribution in [0.2, 0.25) is 0 Å². The monoisotopic (exact) mass is 302 g/mol. The topological polar surface area (TPSA) is 58.2 Å². The number of rotatable bonds is 7. The molecule has 0 aromatic heterocycles. The molecule has 0 heterocycles. The van der Waals surface area contributed by atoms with Gasteiger partial charge in [-0.25, -0.2) is 17.5 Å². The normalized spacial score (nSPS) is 12.3. The van der Waals surface area contributed by atoms with E-state index in [-0.39, 0.29) is 16.9 Å². The second-order valence-corrected chi connectivity index (χ2v) is 7.30. The minimum absolute atomic E-state index is 0.0973. The fourth-order valence-electron chi connectivity index (χ4n) is 1.53. The Morgan fingerprint density at radius 3 is 2.40 bits per heavy atom. The van der Waals surface area contributed by atoms with Gasteiger partial charge >= 0.3 is 0 Å². The van der Waals surface area contributed by atoms with Crippen molar-refractivity contribution < 1.29 is 12.8 Å². The molecule has 0 aliphatic carbocycles. The van der Waals surface area contributed by atoms with Crippen molar-refractivity contribution in [1.29, 1.82) is 0 Å². The lowest BCUT2D eigenvalue weighted by Gasteiger charge is -2.12. The zero-order valence-electron chi connectivity index (χ0n) is 12.4. The van der Waals surface area contributed by atoms with E-state index >= 15 is 0 Å². The summed E-state index contributed by atoms with van der Waals surface area (Å²) in [6.07, 6.45) is 0. The highest BCUT2D eigenvalue weighted by Gasteiger charge is 2.16. The second-order valence-electron chi connectivity index (χ2n) is 5.53. The standard InChI is InChI=1S/C14H23FN2O2S/c1-10(2)8-17-20(18,19)13-5-6-14(15)12(7-13)9-16-11(3)4/h5-7,10-11,16-17H,8-9H2,1-4H3. The minimum Gasteiger partial charge on any atom is -0.310 e. The molecule has 0 spiro atoms. The molecule has 0 unspecified atom stereocenters. The van der Waals surface area contributed by atoms with Gasteiger partial charge in [0.05, 0.1) is 4.90 Å². The lowest BCUT2D eigenvalue weighted by atomic mass is 10.2. The molecule has 1 rings (SSSR count). The van der Waals surface area contributed by atoms with Gasteiger partial charge in [-0.3, -0.25) is 0 Å². The maximum absolute atomic E-state index is 13.7. The molecule has 2 N–H and O–H groups in total. The van der Waals surface area contributed by atoms with Gasteiger partial charge in [0.1, 0.15) is 5.82 Å². The maximum atomic E-state index is 13.7. The molecule has 6 heteroatoms. The first-order chi connectivity index (χ1) is 9.22. The molecule has 0 amide bonds. The summed E-state index contributed by atoms with van der Waals surface area (Å²) in [5, 5.41) is 3.08. The van der Waals surface area contributed by atoms with E-state index in [0.717, 1.165) is 0 Å². The molecule has 0 radical (unpaired) electrons. The fraction of sp³-hybridized carbons (Fsp3) is 0.571. The molecule has 0 saturated heterocycles. The Morgan fingerprint density at radius 1 is 1.20 bits per heavy atom. The molecule has 0 saturated carbocycles. The Balaban J connectivity index is 2.93. The Labute approximate surface area is 120 Å². The lowest BCUT2D eigenvalue weighted by Crippen LogP contribution is -2.28. The van der Waals surface area contributed by atoms with Crippen LogP contribution in [0.4, 0.5) is 4.39 Å². The van der Waals surface area contributed by atoms with Crippen LogP contribution in [0.5, 0.6) is 0 Å². The Bertz CT molecular complexity index is 542. The SMILES string of the molecule is CC(C)CNS(=O)(=O)c1ccc(F)c(CNC(C)C)c1. The first kappa shape index (κ1) is 17.1. The first-order valence-electron chi connectivity index (χ1n) is 6.74. The Kier molecular flexibility index (Phi) is 6.10. The molecule has 1 aromatic rings. The van der Waals surface area contributed by atoms with Crippen LogP contribution in [-0.2, 0) is 16.6 Å². The molecule has 1 aromatic carbocycles. The summed E-state index contributed by atoms with van der Waals surface area (Å²) in [6.45, 7) is 8.40. The summed E-state index contributed by atoms with van der Waals surface area (Å²) in [5.74, 6) is -0.187. The van der Waals surface area contributed by atoms with Crippen molar-refractivity contribution in [3.63, 3.8) is 0 Å². The molecular formula is C14H23FN2O2S. The van der Waals surface area contributed by atoms with Gasteiger partial charge in [-0.2, -0.15) is 0 Å². The number of benzene rings is 1. The van der Waals surface area contributed by atoms with E-state index in [4.69, 9.17) is 0 Å². The third-order valence-electron chi connectivity index (χ3n) is 2.71. The van der Waals surface area contributed by atoms with E-state index in [9.17, 15) is 12.8 Å². The predicted octanol–water partition coefficient (Wildman–Crippen LogP) is 2.26. The Hall–Kier alpha value is -0.980. The molecule has 114 valence electrons. The van der Waals surface area contributed by atoms with Crippen LogP contribution >= 0.6 is 0 Å². The highest BCUT2D eigenvalue weighted by atomic mass is 32.2. The van der Waals surface area contributed by atoms with Crippen LogP contribution in [0.3, 0.4) is 0 Å². The highest BCUT2D eigenvalue weighted by Crippen LogP contribution is 2.15. The van der Waals surface area contributed by atoms with Gasteiger partial charge in [-0.1, -0.05) is 27.7 Å². The van der Waals surface area contributed by atoms with Crippen molar-refractivity contribution in [2.24, 2.45) is 5.92 Å². The third-order valence-corrected chi connectivity index (χ3v) is 4.13. The van der Waals surface area contributed by atoms with Crippen molar-refractivity contribution in [2.45, 2.75) is 45.2 Å². The van der Waals surface area contributed by atoms with Crippen molar-refractivity contribution in [3.05, 3.63) is 29.6 Å². The maximum Gasteiger partial charge on any atom is 0.240 e. The van der Waals surface area contributed by atoms with E-state index in [0.29, 0.717) is 18.7 Å². The average molecular weight is 302 g/mol. The zero-order chi connectivity index (χ0) is 15.3. The van der Waals surface area contributed by atoms with Crippen LogP contribution in [0.25, 0.3) is 0 Å². The molecule has 20 heavy (non-hydrogen) atoms. The van der Waals surface area contributed by atoms with Crippen LogP contribution < -0.4 is 10.0 Å². The van der Waals surface area contributed by atoms with Gasteiger partial charge in [0, 0.05) is 24.7 Å². The third kappa shape index (κ3) is 5.19. The van der Waals surface area contributed by atoms with Gasteiger partial charge in [-0.15, -0.1) is 0 Å². The van der Waals surface area contributed by atoms with E-state index in [1.54, 1.807) is 0 Å². The number of sulfonamides is 1. The van der Waals surface area contributed by atoms with Crippen LogP contribution in [0.15, 0.2) is 23.1 Å². The smallest absolute Gasteiger partial charge is 0.240 e. The summed E-state index contributed by atoms with van der Waals surface area (Å²) in [5.41, 5.74) is 0.353. The summed E-state index contributed by atoms with van der Waals surface area (Å²) >= 11 is 0. The number of nitrogens with one attached hydrogen (secondary N) is 2. The number of hydrogen-bond acceptors (Lipinski definition) is 3. The van der Waals surface area contributed by atoms with Gasteiger partial charge in [-0.05, 0) is 24.1 Å². The van der Waals surface area contributed by atoms with E-state index < -0.39 is 15.8 Å². The van der Waals surface area contributed by atoms with Crippen molar-refractivity contribution in [3.8, 4) is 0 Å². The van der Waals surface area contributed by atoms with Crippen LogP contribution in [-0.4, -0.2) is 21.0 Å². The fourth-order valence-corrected chi connectivity index (χ4v) is 2.79. The molecule has 0 aliphatic rings. The number of hydrogen-bond donors (Lipinski definition) is 2. The van der Waals surface area contributed by atoms with Crippen LogP contribution in [0.1, 0.15) is 33.3 Å². The molecular weight excluding hydrogens is 279 g/mol. The summed E-state index contributed by atoms with van der Waals surface area (Å²) in [7, 11) is -3.58. The Morgan fingerprint density at radius 2 is 1.85 bits per heavy atom. The molecule has 0 atom stereocenters. The van der Waals surface area contributed by atoms with Gasteiger partial charge in [0.15, 0.2) is 0 Å². The molecule has 0 bridgehead atoms. The van der Waals surface area contributed by atoms with Crippen molar-refractivity contribution in [1.82, 2.24) is 10.0 Å². The summed E-state index contributed by atoms with van der Waals surface area (Å²) < 4.78 is 40.4. The first-order valence-corrected chi connectivity index (χ1v) is 8.22. The summed E-state index contributed by atoms with van der Waals surface area (Å²) in [4.78, 5) is 0.0973. The molecule has 4 nitrogen and oxygen atoms in total. The lowest BCUT2D eigenvalue weighted by molar-refractivity contribution is 0.547. The van der Waals surface area contributed by atoms with E-state index in [1.165, 1.54) is 18.2 Å². The zero-order valence-corrected chi connectivity index (χ0v) is 13.2. The minimum atomic E-state index is -3.58. The number of halogens is 1.